The van der Waals surface area contributed by atoms with Gasteiger partial charge in [0.25, 0.3) is 0 Å². The van der Waals surface area contributed by atoms with Crippen LogP contribution in [0.4, 0.5) is 0 Å². The molecular weight excluding hydrogens is 268 g/mol. The fourth-order valence-corrected chi connectivity index (χ4v) is 3.01. The molecule has 0 atom stereocenters. The Hall–Kier alpha value is -1.10. The van der Waals surface area contributed by atoms with Gasteiger partial charge in [0.1, 0.15) is 0 Å². The Balaban J connectivity index is 2.23. The normalized spacial score (nSPS) is 11.9. The lowest BCUT2D eigenvalue weighted by atomic mass is 10.1. The lowest BCUT2D eigenvalue weighted by molar-refractivity contribution is -0.123. The zero-order valence-corrected chi connectivity index (χ0v) is 11.9. The van der Waals surface area contributed by atoms with Crippen molar-refractivity contribution in [3.8, 4) is 0 Å². The number of rotatable bonds is 4. The Morgan fingerprint density at radius 1 is 1.44 bits per heavy atom. The van der Waals surface area contributed by atoms with E-state index < -0.39 is 5.54 Å². The van der Waals surface area contributed by atoms with Gasteiger partial charge in [-0.1, -0.05) is 29.8 Å². The molecule has 2 aromatic rings. The summed E-state index contributed by atoms with van der Waals surface area (Å²) < 4.78 is 1.15. The molecule has 0 bridgehead atoms. The SMILES string of the molecule is CC(C)(NCc1sc2ccccc2c1Cl)C(N)=O. The second kappa shape index (κ2) is 4.88. The Labute approximate surface area is 115 Å². The highest BCUT2D eigenvalue weighted by atomic mass is 35.5. The maximum atomic E-state index is 11.2. The van der Waals surface area contributed by atoms with Gasteiger partial charge in [-0.05, 0) is 19.9 Å². The van der Waals surface area contributed by atoms with Crippen molar-refractivity contribution in [3.63, 3.8) is 0 Å². The molecule has 0 aliphatic heterocycles. The summed E-state index contributed by atoms with van der Waals surface area (Å²) in [5.74, 6) is -0.375. The van der Waals surface area contributed by atoms with Crippen molar-refractivity contribution in [2.24, 2.45) is 5.73 Å². The molecule has 5 heteroatoms. The Bertz CT molecular complexity index is 592. The summed E-state index contributed by atoms with van der Waals surface area (Å²) >= 11 is 7.95. The van der Waals surface area contributed by atoms with Crippen molar-refractivity contribution in [2.75, 3.05) is 0 Å². The van der Waals surface area contributed by atoms with Crippen LogP contribution in [0.3, 0.4) is 0 Å². The molecule has 0 unspecified atom stereocenters. The van der Waals surface area contributed by atoms with Crippen molar-refractivity contribution >= 4 is 38.9 Å². The summed E-state index contributed by atoms with van der Waals surface area (Å²) in [4.78, 5) is 12.3. The van der Waals surface area contributed by atoms with Crippen molar-refractivity contribution < 1.29 is 4.79 Å². The van der Waals surface area contributed by atoms with Gasteiger partial charge < -0.3 is 5.73 Å². The molecule has 96 valence electrons. The van der Waals surface area contributed by atoms with Gasteiger partial charge in [-0.2, -0.15) is 0 Å². The topological polar surface area (TPSA) is 55.1 Å². The number of nitrogens with two attached hydrogens (primary N) is 1. The molecule has 1 amide bonds. The number of thiophene rings is 1. The molecule has 0 radical (unpaired) electrons. The first-order valence-electron chi connectivity index (χ1n) is 5.62. The second-order valence-corrected chi connectivity index (χ2v) is 6.19. The molecule has 1 aromatic heterocycles. The third-order valence-corrected chi connectivity index (χ3v) is 4.62. The van der Waals surface area contributed by atoms with Crippen LogP contribution in [-0.4, -0.2) is 11.4 Å². The molecule has 0 saturated carbocycles. The van der Waals surface area contributed by atoms with Crippen LogP contribution in [-0.2, 0) is 11.3 Å². The Morgan fingerprint density at radius 2 is 2.11 bits per heavy atom. The number of primary amides is 1. The minimum atomic E-state index is -0.737. The maximum absolute atomic E-state index is 11.2. The van der Waals surface area contributed by atoms with Crippen molar-refractivity contribution in [1.82, 2.24) is 5.32 Å². The third kappa shape index (κ3) is 2.51. The van der Waals surface area contributed by atoms with Gasteiger partial charge in [0.05, 0.1) is 10.6 Å². The molecule has 0 aliphatic rings. The Kier molecular flexibility index (Phi) is 3.61. The van der Waals surface area contributed by atoms with E-state index in [9.17, 15) is 4.79 Å². The van der Waals surface area contributed by atoms with E-state index in [1.54, 1.807) is 25.2 Å². The quantitative estimate of drug-likeness (QED) is 0.906. The molecule has 0 aliphatic carbocycles. The van der Waals surface area contributed by atoms with E-state index in [0.29, 0.717) is 6.54 Å². The minimum absolute atomic E-state index is 0.375. The molecule has 3 nitrogen and oxygen atoms in total. The molecule has 3 N–H and O–H groups in total. The third-order valence-electron chi connectivity index (χ3n) is 2.91. The average Bonchev–Trinajstić information content (AvgIpc) is 2.64. The van der Waals surface area contributed by atoms with Crippen LogP contribution in [0.2, 0.25) is 5.02 Å². The van der Waals surface area contributed by atoms with Gasteiger partial charge in [0.15, 0.2) is 0 Å². The van der Waals surface area contributed by atoms with Crippen LogP contribution in [0.1, 0.15) is 18.7 Å². The number of nitrogens with one attached hydrogen (secondary N) is 1. The standard InChI is InChI=1S/C13H15ClN2OS/c1-13(2,12(15)17)16-7-10-11(14)8-5-3-4-6-9(8)18-10/h3-6,16H,7H2,1-2H3,(H2,15,17). The summed E-state index contributed by atoms with van der Waals surface area (Å²) in [6.07, 6.45) is 0. The number of carbonyl (C=O) groups excluding carboxylic acids is 1. The van der Waals surface area contributed by atoms with E-state index in [4.69, 9.17) is 17.3 Å². The molecule has 0 saturated heterocycles. The Morgan fingerprint density at radius 3 is 2.72 bits per heavy atom. The summed E-state index contributed by atoms with van der Waals surface area (Å²) in [5.41, 5.74) is 4.58. The lowest BCUT2D eigenvalue weighted by Crippen LogP contribution is -2.50. The largest absolute Gasteiger partial charge is 0.368 e. The van der Waals surface area contributed by atoms with Crippen LogP contribution in [0, 0.1) is 0 Å². The van der Waals surface area contributed by atoms with Gasteiger partial charge >= 0.3 is 0 Å². The zero-order chi connectivity index (χ0) is 13.3. The van der Waals surface area contributed by atoms with Gasteiger partial charge in [-0.15, -0.1) is 11.3 Å². The minimum Gasteiger partial charge on any atom is -0.368 e. The lowest BCUT2D eigenvalue weighted by Gasteiger charge is -2.21. The van der Waals surface area contributed by atoms with Crippen LogP contribution >= 0.6 is 22.9 Å². The fourth-order valence-electron chi connectivity index (χ4n) is 1.57. The van der Waals surface area contributed by atoms with Gasteiger partial charge in [0.2, 0.25) is 5.91 Å². The summed E-state index contributed by atoms with van der Waals surface area (Å²) in [5, 5.41) is 4.93. The van der Waals surface area contributed by atoms with Gasteiger partial charge in [-0.25, -0.2) is 0 Å². The van der Waals surface area contributed by atoms with Crippen LogP contribution < -0.4 is 11.1 Å². The number of fused-ring (bicyclic) bond motifs is 1. The van der Waals surface area contributed by atoms with E-state index in [1.165, 1.54) is 0 Å². The highest BCUT2D eigenvalue weighted by Crippen LogP contribution is 2.35. The highest BCUT2D eigenvalue weighted by molar-refractivity contribution is 7.19. The molecule has 2 rings (SSSR count). The fraction of sp³-hybridized carbons (Fsp3) is 0.308. The van der Waals surface area contributed by atoms with E-state index in [-0.39, 0.29) is 5.91 Å². The van der Waals surface area contributed by atoms with Crippen LogP contribution in [0.15, 0.2) is 24.3 Å². The first-order chi connectivity index (χ1) is 8.42. The first kappa shape index (κ1) is 13.3. The molecule has 18 heavy (non-hydrogen) atoms. The predicted octanol–water partition coefficient (Wildman–Crippen LogP) is 2.91. The monoisotopic (exact) mass is 282 g/mol. The van der Waals surface area contributed by atoms with Crippen molar-refractivity contribution in [2.45, 2.75) is 25.9 Å². The second-order valence-electron chi connectivity index (χ2n) is 4.68. The number of hydrogen-bond donors (Lipinski definition) is 2. The average molecular weight is 283 g/mol. The van der Waals surface area contributed by atoms with Gasteiger partial charge in [0, 0.05) is 21.5 Å². The van der Waals surface area contributed by atoms with E-state index in [0.717, 1.165) is 20.0 Å². The summed E-state index contributed by atoms with van der Waals surface area (Å²) in [7, 11) is 0. The molecular formula is C13H15ClN2OS. The van der Waals surface area contributed by atoms with Gasteiger partial charge in [-0.3, -0.25) is 10.1 Å². The molecule has 0 spiro atoms. The highest BCUT2D eigenvalue weighted by Gasteiger charge is 2.24. The first-order valence-corrected chi connectivity index (χ1v) is 6.82. The number of hydrogen-bond acceptors (Lipinski definition) is 3. The number of halogens is 1. The summed E-state index contributed by atoms with van der Waals surface area (Å²) in [6.45, 7) is 4.06. The van der Waals surface area contributed by atoms with Crippen LogP contribution in [0.5, 0.6) is 0 Å². The smallest absolute Gasteiger partial charge is 0.237 e. The summed E-state index contributed by atoms with van der Waals surface area (Å²) in [6, 6.07) is 7.98. The van der Waals surface area contributed by atoms with E-state index in [2.05, 4.69) is 5.32 Å². The molecule has 1 aromatic carbocycles. The number of carbonyl (C=O) groups is 1. The van der Waals surface area contributed by atoms with E-state index >= 15 is 0 Å². The number of amides is 1. The molecule has 0 fully saturated rings. The number of benzene rings is 1. The molecule has 1 heterocycles. The zero-order valence-electron chi connectivity index (χ0n) is 10.3. The maximum Gasteiger partial charge on any atom is 0.237 e. The van der Waals surface area contributed by atoms with Crippen molar-refractivity contribution in [1.29, 1.82) is 0 Å². The van der Waals surface area contributed by atoms with E-state index in [1.807, 2.05) is 24.3 Å². The van der Waals surface area contributed by atoms with Crippen LogP contribution in [0.25, 0.3) is 10.1 Å². The predicted molar refractivity (Wildman–Crippen MR) is 76.9 cm³/mol. The van der Waals surface area contributed by atoms with Crippen molar-refractivity contribution in [3.05, 3.63) is 34.2 Å².